The van der Waals surface area contributed by atoms with E-state index in [1.54, 1.807) is 27.7 Å². The molecular weight excluding hydrogens is 355 g/mol. The van der Waals surface area contributed by atoms with Crippen LogP contribution in [0.2, 0.25) is 0 Å². The monoisotopic (exact) mass is 382 g/mol. The second-order valence-electron chi connectivity index (χ2n) is 7.34. The predicted molar refractivity (Wildman–Crippen MR) is 85.0 cm³/mol. The van der Waals surface area contributed by atoms with Gasteiger partial charge in [-0.05, 0) is 27.7 Å². The van der Waals surface area contributed by atoms with Gasteiger partial charge in [-0.1, -0.05) is 0 Å². The van der Waals surface area contributed by atoms with Crippen LogP contribution in [0, 0.1) is 0 Å². The molecule has 25 heavy (non-hydrogen) atoms. The Morgan fingerprint density at radius 2 is 1.60 bits per heavy atom. The fourth-order valence-corrected chi connectivity index (χ4v) is 5.88. The van der Waals surface area contributed by atoms with Crippen LogP contribution in [-0.2, 0) is 37.5 Å². The summed E-state index contributed by atoms with van der Waals surface area (Å²) in [5.41, 5.74) is 0. The second kappa shape index (κ2) is 6.51. The Morgan fingerprint density at radius 3 is 2.12 bits per heavy atom. The Kier molecular flexibility index (Phi) is 5.12. The van der Waals surface area contributed by atoms with Crippen LogP contribution in [0.25, 0.3) is 0 Å². The summed E-state index contributed by atoms with van der Waals surface area (Å²) in [6.07, 6.45) is -2.82. The average molecular weight is 382 g/mol. The van der Waals surface area contributed by atoms with E-state index in [0.717, 1.165) is 0 Å². The topological polar surface area (TPSA) is 102 Å². The highest BCUT2D eigenvalue weighted by molar-refractivity contribution is 7.60. The number of aliphatic hydroxyl groups is 1. The Hall–Kier alpha value is -0.0900. The van der Waals surface area contributed by atoms with Crippen LogP contribution in [0.3, 0.4) is 0 Å². The first-order valence-electron chi connectivity index (χ1n) is 8.22. The van der Waals surface area contributed by atoms with E-state index in [1.807, 2.05) is 0 Å². The van der Waals surface area contributed by atoms with Crippen molar-refractivity contribution >= 4 is 7.37 Å². The normalized spacial score (nSPS) is 45.7. The van der Waals surface area contributed by atoms with Crippen LogP contribution < -0.4 is 0 Å². The highest BCUT2D eigenvalue weighted by Gasteiger charge is 2.64. The van der Waals surface area contributed by atoms with E-state index >= 15 is 0 Å². The van der Waals surface area contributed by atoms with Gasteiger partial charge in [-0.25, -0.2) is 0 Å². The molecule has 0 spiro atoms. The Labute approximate surface area is 147 Å². The average Bonchev–Trinajstić information content (AvgIpc) is 3.03. The molecule has 1 N–H and O–H groups in total. The largest absolute Gasteiger partial charge is 0.380 e. The van der Waals surface area contributed by atoms with Crippen molar-refractivity contribution in [2.75, 3.05) is 20.8 Å². The minimum absolute atomic E-state index is 0.241. The molecule has 0 aromatic carbocycles. The molecule has 0 aliphatic carbocycles. The number of aliphatic hydroxyl groups excluding tert-OH is 1. The third kappa shape index (κ3) is 3.42. The maximum Gasteiger partial charge on any atom is 0.288 e. The molecule has 0 aromatic heterocycles. The van der Waals surface area contributed by atoms with Crippen molar-refractivity contribution in [3.8, 4) is 0 Å². The maximum absolute atomic E-state index is 13.5. The van der Waals surface area contributed by atoms with Crippen molar-refractivity contribution in [3.05, 3.63) is 0 Å². The van der Waals surface area contributed by atoms with E-state index in [1.165, 1.54) is 14.2 Å². The highest BCUT2D eigenvalue weighted by Crippen LogP contribution is 2.64. The molecule has 0 radical (unpaired) electrons. The zero-order chi connectivity index (χ0) is 18.6. The molecule has 9 nitrogen and oxygen atoms in total. The Balaban J connectivity index is 1.94. The highest BCUT2D eigenvalue weighted by atomic mass is 31.2. The summed E-state index contributed by atoms with van der Waals surface area (Å²) in [7, 11) is -1.16. The van der Waals surface area contributed by atoms with Crippen molar-refractivity contribution in [1.82, 2.24) is 0 Å². The molecule has 0 bridgehead atoms. The Bertz CT molecular complexity index is 547. The molecule has 3 saturated heterocycles. The van der Waals surface area contributed by atoms with E-state index in [9.17, 15) is 9.67 Å². The molecule has 0 amide bonds. The third-order valence-corrected chi connectivity index (χ3v) is 7.14. The lowest BCUT2D eigenvalue weighted by Crippen LogP contribution is -2.55. The van der Waals surface area contributed by atoms with Gasteiger partial charge < -0.3 is 38.1 Å². The van der Waals surface area contributed by atoms with E-state index in [-0.39, 0.29) is 6.61 Å². The summed E-state index contributed by atoms with van der Waals surface area (Å²) < 4.78 is 52.8. The SMILES string of the molecule is COC(OC)P1(=O)O[C@H]([C@H]2COC(C)(C)O2)[C@@H]2OC(C)(C)O[C@@H]2[C@@H]1O. The van der Waals surface area contributed by atoms with Gasteiger partial charge in [0.25, 0.3) is 7.37 Å². The number of hydrogen-bond donors (Lipinski definition) is 1. The van der Waals surface area contributed by atoms with Gasteiger partial charge in [0, 0.05) is 14.2 Å². The fraction of sp³-hybridized carbons (Fsp3) is 1.00. The number of methoxy groups -OCH3 is 2. The van der Waals surface area contributed by atoms with Crippen LogP contribution >= 0.6 is 7.37 Å². The first-order valence-corrected chi connectivity index (χ1v) is 9.98. The molecule has 3 heterocycles. The molecular formula is C15H27O9P. The standard InChI is InChI=1S/C15H27O9P/c1-14(2)20-7-8(21-14)9-10-11(23-15(3,4)22-10)12(16)25(17,24-9)13(18-5)19-6/h8-13,16H,7H2,1-6H3/t8-,9-,10+,11+,12-,25?/m1/s1. The van der Waals surface area contributed by atoms with Crippen LogP contribution in [0.15, 0.2) is 0 Å². The summed E-state index contributed by atoms with van der Waals surface area (Å²) in [5, 5.41) is 10.7. The summed E-state index contributed by atoms with van der Waals surface area (Å²) in [5.74, 6) is -3.20. The summed E-state index contributed by atoms with van der Waals surface area (Å²) >= 11 is 0. The first kappa shape index (κ1) is 19.7. The smallest absolute Gasteiger partial charge is 0.288 e. The summed E-state index contributed by atoms with van der Waals surface area (Å²) in [6.45, 7) is 7.25. The van der Waals surface area contributed by atoms with Gasteiger partial charge in [0.05, 0.1) is 6.61 Å². The first-order chi connectivity index (χ1) is 11.5. The van der Waals surface area contributed by atoms with E-state index < -0.39 is 55.2 Å². The molecule has 3 fully saturated rings. The molecule has 3 aliphatic heterocycles. The number of ether oxygens (including phenoxy) is 6. The molecule has 6 atom stereocenters. The number of rotatable bonds is 4. The molecule has 0 aromatic rings. The minimum atomic E-state index is -3.82. The van der Waals surface area contributed by atoms with E-state index in [2.05, 4.69) is 0 Å². The van der Waals surface area contributed by atoms with Gasteiger partial charge >= 0.3 is 0 Å². The van der Waals surface area contributed by atoms with Crippen LogP contribution in [0.5, 0.6) is 0 Å². The third-order valence-electron chi connectivity index (χ3n) is 4.53. The molecule has 10 heteroatoms. The molecule has 3 rings (SSSR count). The van der Waals surface area contributed by atoms with Gasteiger partial charge in [-0.15, -0.1) is 0 Å². The second-order valence-corrected chi connectivity index (χ2v) is 9.79. The lowest BCUT2D eigenvalue weighted by atomic mass is 10.0. The van der Waals surface area contributed by atoms with Gasteiger partial charge in [0.15, 0.2) is 17.4 Å². The van der Waals surface area contributed by atoms with Gasteiger partial charge in [0.1, 0.15) is 24.4 Å². The predicted octanol–water partition coefficient (Wildman–Crippen LogP) is 1.23. The quantitative estimate of drug-likeness (QED) is 0.568. The number of hydrogen-bond acceptors (Lipinski definition) is 9. The van der Waals surface area contributed by atoms with Crippen molar-refractivity contribution in [2.45, 2.75) is 75.6 Å². The van der Waals surface area contributed by atoms with Gasteiger partial charge in [-0.3, -0.25) is 4.57 Å². The van der Waals surface area contributed by atoms with Crippen LogP contribution in [0.1, 0.15) is 27.7 Å². The van der Waals surface area contributed by atoms with Crippen LogP contribution in [-0.4, -0.2) is 73.8 Å². The zero-order valence-corrected chi connectivity index (χ0v) is 16.2. The van der Waals surface area contributed by atoms with Crippen molar-refractivity contribution in [2.24, 2.45) is 0 Å². The van der Waals surface area contributed by atoms with E-state index in [4.69, 9.17) is 32.9 Å². The molecule has 146 valence electrons. The zero-order valence-electron chi connectivity index (χ0n) is 15.3. The molecule has 3 aliphatic rings. The molecule has 0 saturated carbocycles. The summed E-state index contributed by atoms with van der Waals surface area (Å²) in [6, 6.07) is -1.23. The number of fused-ring (bicyclic) bond motifs is 1. The van der Waals surface area contributed by atoms with E-state index in [0.29, 0.717) is 0 Å². The van der Waals surface area contributed by atoms with Gasteiger partial charge in [-0.2, -0.15) is 0 Å². The Morgan fingerprint density at radius 1 is 1.00 bits per heavy atom. The lowest BCUT2D eigenvalue weighted by molar-refractivity contribution is -0.176. The molecule has 1 unspecified atom stereocenters. The maximum atomic E-state index is 13.5. The van der Waals surface area contributed by atoms with Crippen molar-refractivity contribution in [1.29, 1.82) is 0 Å². The van der Waals surface area contributed by atoms with Crippen LogP contribution in [0.4, 0.5) is 0 Å². The van der Waals surface area contributed by atoms with Crippen molar-refractivity contribution in [3.63, 3.8) is 0 Å². The summed E-state index contributed by atoms with van der Waals surface area (Å²) in [4.78, 5) is 0. The van der Waals surface area contributed by atoms with Gasteiger partial charge in [0.2, 0.25) is 6.03 Å². The minimum Gasteiger partial charge on any atom is -0.380 e. The fourth-order valence-electron chi connectivity index (χ4n) is 3.54. The van der Waals surface area contributed by atoms with Crippen molar-refractivity contribution < 1.29 is 42.6 Å². The lowest BCUT2D eigenvalue weighted by Gasteiger charge is -2.43.